The molecule has 4 fully saturated rings. The molecular weight excluding hydrogens is 1740 g/mol. The highest BCUT2D eigenvalue weighted by molar-refractivity contribution is 5.57. The number of nitrogens with one attached hydrogen (secondary N) is 3. The molecule has 0 amide bonds. The fraction of sp³-hybridized carbons (Fsp3) is 0.516. The fourth-order valence-corrected chi connectivity index (χ4v) is 15.1. The lowest BCUT2D eigenvalue weighted by atomic mass is 10.0. The van der Waals surface area contributed by atoms with Crippen molar-refractivity contribution in [1.82, 2.24) is 24.5 Å². The van der Waals surface area contributed by atoms with E-state index >= 15 is 0 Å². The van der Waals surface area contributed by atoms with E-state index in [2.05, 4.69) is 54.5 Å². The first kappa shape index (κ1) is 109. The summed E-state index contributed by atoms with van der Waals surface area (Å²) in [6.07, 6.45) is -21.2. The average Bonchev–Trinajstić information content (AvgIpc) is 1.58. The van der Waals surface area contributed by atoms with E-state index in [1.54, 1.807) is 110 Å². The zero-order valence-electron chi connectivity index (χ0n) is 76.9. The van der Waals surface area contributed by atoms with Gasteiger partial charge in [0.2, 0.25) is 0 Å². The Hall–Kier alpha value is -9.29. The minimum Gasteiger partial charge on any atom is -0.467 e. The highest BCUT2D eigenvalue weighted by Crippen LogP contribution is 2.41. The number of halogens is 21. The number of likely N-dealkylation sites (N-methyl/N-ethyl adjacent to an activating group) is 3. The number of hydrogen-bond acceptors (Lipinski definition) is 14. The van der Waals surface area contributed by atoms with Gasteiger partial charge in [0.1, 0.15) is 5.76 Å². The smallest absolute Gasteiger partial charge is 0.416 e. The van der Waals surface area contributed by atoms with Crippen LogP contribution in [-0.2, 0) is 54.5 Å². The molecule has 0 aliphatic carbocycles. The summed E-state index contributed by atoms with van der Waals surface area (Å²) in [5, 5.41) is 8.98. The minimum absolute atomic E-state index is 0.285. The van der Waals surface area contributed by atoms with Gasteiger partial charge >= 0.3 is 43.2 Å². The van der Waals surface area contributed by atoms with E-state index in [1.807, 2.05) is 75.2 Å². The molecule has 3 N–H and O–H groups in total. The predicted octanol–water partition coefficient (Wildman–Crippen LogP) is 24.1. The van der Waals surface area contributed by atoms with Crippen molar-refractivity contribution in [2.45, 2.75) is 161 Å². The molecule has 4 aliphatic rings. The Kier molecular flexibility index (Phi) is 41.2. The van der Waals surface area contributed by atoms with Crippen molar-refractivity contribution in [3.05, 3.63) is 229 Å². The van der Waals surface area contributed by atoms with Crippen LogP contribution in [0.3, 0.4) is 0 Å². The number of methoxy groups -OCH3 is 1. The number of likely N-dealkylation sites (tertiary alicyclic amines) is 2. The Morgan fingerprint density at radius 2 is 0.746 bits per heavy atom. The monoisotopic (exact) mass is 1860 g/mol. The van der Waals surface area contributed by atoms with Gasteiger partial charge in [0, 0.05) is 138 Å². The number of rotatable bonds is 22. The second-order valence-electron chi connectivity index (χ2n) is 34.2. The summed E-state index contributed by atoms with van der Waals surface area (Å²) in [4.78, 5) is 18.7. The summed E-state index contributed by atoms with van der Waals surface area (Å²) in [6.45, 7) is 23.6. The molecule has 0 saturated carbocycles. The van der Waals surface area contributed by atoms with E-state index in [1.165, 1.54) is 61.4 Å². The maximum Gasteiger partial charge on any atom is 0.416 e. The first-order valence-corrected chi connectivity index (χ1v) is 42.7. The molecule has 4 aliphatic heterocycles. The number of hydrogen-bond donors (Lipinski definition) is 3. The van der Waals surface area contributed by atoms with Gasteiger partial charge in [-0.1, -0.05) is 0 Å². The van der Waals surface area contributed by atoms with Crippen molar-refractivity contribution in [1.29, 1.82) is 0 Å². The second-order valence-corrected chi connectivity index (χ2v) is 34.2. The maximum atomic E-state index is 12.9. The fourth-order valence-electron chi connectivity index (χ4n) is 15.1. The summed E-state index contributed by atoms with van der Waals surface area (Å²) < 4.78 is 277. The quantitative estimate of drug-likeness (QED) is 0.0445. The molecule has 2 atom stereocenters. The third-order valence-corrected chi connectivity index (χ3v) is 22.0. The van der Waals surface area contributed by atoms with Crippen LogP contribution in [0.15, 0.2) is 150 Å². The predicted molar refractivity (Wildman–Crippen MR) is 478 cm³/mol. The van der Waals surface area contributed by atoms with Crippen LogP contribution in [-0.4, -0.2) is 205 Å². The normalized spacial score (nSPS) is 16.0. The third-order valence-electron chi connectivity index (χ3n) is 22.0. The van der Waals surface area contributed by atoms with Crippen molar-refractivity contribution in [2.24, 2.45) is 0 Å². The topological polar surface area (TPSA) is 87.6 Å². The van der Waals surface area contributed by atoms with Gasteiger partial charge in [-0.25, -0.2) is 0 Å². The lowest BCUT2D eigenvalue weighted by Gasteiger charge is -2.36. The van der Waals surface area contributed by atoms with Crippen molar-refractivity contribution in [2.75, 3.05) is 198 Å². The molecule has 130 heavy (non-hydrogen) atoms. The van der Waals surface area contributed by atoms with Crippen LogP contribution in [0.5, 0.6) is 0 Å². The van der Waals surface area contributed by atoms with E-state index in [0.717, 1.165) is 134 Å². The summed E-state index contributed by atoms with van der Waals surface area (Å²) in [5.41, 5.74) is 4.28. The molecule has 0 spiro atoms. The average molecular weight is 1870 g/mol. The van der Waals surface area contributed by atoms with Gasteiger partial charge in [-0.2, -0.15) is 92.2 Å². The first-order chi connectivity index (χ1) is 60.3. The van der Waals surface area contributed by atoms with E-state index < -0.39 is 82.2 Å². The van der Waals surface area contributed by atoms with Crippen molar-refractivity contribution < 1.29 is 101 Å². The number of nitrogens with zero attached hydrogens (tertiary/aromatic N) is 9. The molecule has 35 heteroatoms. The number of piperidine rings is 1. The van der Waals surface area contributed by atoms with Crippen LogP contribution in [0.4, 0.5) is 132 Å². The standard InChI is InChI=1S/C15H21F3N2.3C14H19F3N2.C14H14F3NO.C13H19F3N2.C11H14F3NO/c1-11-8-12(15(16,17)18)10-14(9-11)20-6-4-13(5-7-20)19(2)3;1-10-6-11(14(15,16)17)8-13(7-10)19(3)12-4-5-18(2)9-12;1-10-6-11(14(15,16)17)8-13(7-10)19-5-4-12(9-19)18(2)3;1-11-8-12(14(15,16)17)10-13(9-11)18-4-7-19-5-2-3-6-19;1-10-6-11(14(15,16)17)8-12(7-10)18(2)9-13-4-3-5-19-13;1-10-7-11(13(14,15)16)9-12(8-10)17-5-4-6-18(2)3;1-8-5-9(11(12,13)14)7-10(6-8)15-3-4-16-2/h8-10,13H,4-7H2,1-3H3;2*6-8,12H,4-5,9H2,1-3H3;8-10,18H,2-7H2,1H3;3-8H,9H2,1-2H3;7-9,17H,4-6H2,1-3H3;5-7,15H,3-4H2,1-2H3. The van der Waals surface area contributed by atoms with Gasteiger partial charge in [0.05, 0.1) is 58.4 Å². The third kappa shape index (κ3) is 37.8. The van der Waals surface area contributed by atoms with E-state index in [4.69, 9.17) is 9.15 Å². The van der Waals surface area contributed by atoms with Gasteiger partial charge in [-0.15, -0.1) is 0 Å². The molecule has 0 bridgehead atoms. The van der Waals surface area contributed by atoms with Gasteiger partial charge < -0.3 is 69.2 Å². The van der Waals surface area contributed by atoms with Crippen LogP contribution in [0.1, 0.15) is 129 Å². The van der Waals surface area contributed by atoms with Gasteiger partial charge in [0.15, 0.2) is 0 Å². The lowest BCUT2D eigenvalue weighted by molar-refractivity contribution is -0.138. The number of anilines is 7. The van der Waals surface area contributed by atoms with Crippen molar-refractivity contribution >= 4 is 39.8 Å². The van der Waals surface area contributed by atoms with Gasteiger partial charge in [-0.05, 0) is 347 Å². The minimum atomic E-state index is -4.33. The Morgan fingerprint density at radius 1 is 0.385 bits per heavy atom. The maximum absolute atomic E-state index is 12.9. The van der Waals surface area contributed by atoms with Gasteiger partial charge in [0.25, 0.3) is 0 Å². The Balaban J connectivity index is 0.000000234. The Labute approximate surface area is 751 Å². The first-order valence-electron chi connectivity index (χ1n) is 42.7. The number of furan rings is 1. The molecule has 4 saturated heterocycles. The number of alkyl halides is 21. The molecular formula is C95H125F21N12O2. The van der Waals surface area contributed by atoms with E-state index in [9.17, 15) is 92.2 Å². The van der Waals surface area contributed by atoms with Crippen LogP contribution >= 0.6 is 0 Å². The summed E-state index contributed by atoms with van der Waals surface area (Å²) in [6, 6.07) is 33.6. The SMILES string of the molecule is COCCNc1cc(C)cc(C(F)(F)F)c1.Cc1cc(N(C)C2CCN(C)C2)cc(C(F)(F)F)c1.Cc1cc(N(C)Cc2ccco2)cc(C(F)(F)F)c1.Cc1cc(N2CCC(N(C)C)C2)cc(C(F)(F)F)c1.Cc1cc(N2CCC(N(C)C)CC2)cc(C(F)(F)F)c1.Cc1cc(NCCCN(C)C)cc(C(F)(F)F)c1.Cc1cc(NCCN2CCCC2)cc(C(F)(F)F)c1. The Bertz CT molecular complexity index is 4720. The van der Waals surface area contributed by atoms with Crippen molar-refractivity contribution in [3.8, 4) is 0 Å². The zero-order valence-corrected chi connectivity index (χ0v) is 76.9. The molecule has 14 nitrogen and oxygen atoms in total. The molecule has 0 radical (unpaired) electrons. The molecule has 1 aromatic heterocycles. The van der Waals surface area contributed by atoms with Crippen molar-refractivity contribution in [3.63, 3.8) is 0 Å². The molecule has 5 heterocycles. The number of aryl methyl sites for hydroxylation is 7. The lowest BCUT2D eigenvalue weighted by Crippen LogP contribution is -2.42. The molecule has 2 unspecified atom stereocenters. The highest BCUT2D eigenvalue weighted by atomic mass is 19.4. The molecule has 12 rings (SSSR count). The Morgan fingerprint density at radius 3 is 1.13 bits per heavy atom. The van der Waals surface area contributed by atoms with Crippen LogP contribution in [0.25, 0.3) is 0 Å². The number of ether oxygens (including phenoxy) is 1. The largest absolute Gasteiger partial charge is 0.467 e. The molecule has 7 aromatic carbocycles. The zero-order chi connectivity index (χ0) is 97.2. The summed E-state index contributed by atoms with van der Waals surface area (Å²) in [7, 11) is 19.2. The summed E-state index contributed by atoms with van der Waals surface area (Å²) >= 11 is 0. The number of benzene rings is 7. The molecule has 724 valence electrons. The molecule has 8 aromatic rings. The van der Waals surface area contributed by atoms with Crippen LogP contribution < -0.4 is 35.6 Å². The second kappa shape index (κ2) is 48.9. The van der Waals surface area contributed by atoms with E-state index in [0.29, 0.717) is 129 Å². The summed E-state index contributed by atoms with van der Waals surface area (Å²) in [5.74, 6) is 0.706. The van der Waals surface area contributed by atoms with Crippen LogP contribution in [0.2, 0.25) is 0 Å². The highest BCUT2D eigenvalue weighted by Gasteiger charge is 2.38. The van der Waals surface area contributed by atoms with Gasteiger partial charge in [-0.3, -0.25) is 0 Å². The van der Waals surface area contributed by atoms with Crippen LogP contribution in [0, 0.1) is 48.5 Å². The van der Waals surface area contributed by atoms with E-state index in [-0.39, 0.29) is 6.04 Å².